The van der Waals surface area contributed by atoms with Gasteiger partial charge in [-0.15, -0.1) is 5.10 Å². The average molecular weight is 328 g/mol. The van der Waals surface area contributed by atoms with Gasteiger partial charge in [0.15, 0.2) is 5.82 Å². The Hall–Kier alpha value is -2.86. The van der Waals surface area contributed by atoms with Crippen molar-refractivity contribution in [3.05, 3.63) is 59.8 Å². The molecular weight excluding hydrogens is 314 g/mol. The second-order valence-corrected chi connectivity index (χ2v) is 5.03. The molecule has 0 aliphatic carbocycles. The highest BCUT2D eigenvalue weighted by atomic mass is 35.5. The maximum atomic E-state index is 6.12. The van der Waals surface area contributed by atoms with E-state index in [0.717, 1.165) is 17.1 Å². The van der Waals surface area contributed by atoms with E-state index in [1.807, 2.05) is 42.5 Å². The van der Waals surface area contributed by atoms with Gasteiger partial charge in [-0.05, 0) is 24.3 Å². The molecule has 0 fully saturated rings. The Labute approximate surface area is 138 Å². The number of benzene rings is 2. The second kappa shape index (κ2) is 6.93. The van der Waals surface area contributed by atoms with E-state index in [2.05, 4.69) is 25.8 Å². The van der Waals surface area contributed by atoms with Gasteiger partial charge in [-0.2, -0.15) is 10.1 Å². The molecule has 3 rings (SSSR count). The Morgan fingerprint density at radius 2 is 1.91 bits per heavy atom. The highest BCUT2D eigenvalue weighted by Crippen LogP contribution is 2.24. The molecule has 116 valence electrons. The standard InChI is InChI=1S/C16H14ClN5O/c1-23-12-6-4-5-11(9-12)19-16-21-15(10-18-22-16)20-14-8-3-2-7-13(14)17/h2-10H,1H3,(H2,19,20,21,22). The van der Waals surface area contributed by atoms with E-state index < -0.39 is 0 Å². The second-order valence-electron chi connectivity index (χ2n) is 4.63. The number of para-hydroxylation sites is 1. The zero-order chi connectivity index (χ0) is 16.1. The SMILES string of the molecule is COc1cccc(Nc2nncc(Nc3ccccc3Cl)n2)c1. The first-order valence-electron chi connectivity index (χ1n) is 6.87. The van der Waals surface area contributed by atoms with E-state index >= 15 is 0 Å². The van der Waals surface area contributed by atoms with Gasteiger partial charge in [0.05, 0.1) is 24.0 Å². The molecule has 3 aromatic rings. The summed E-state index contributed by atoms with van der Waals surface area (Å²) in [6.45, 7) is 0. The van der Waals surface area contributed by atoms with E-state index in [1.165, 1.54) is 6.20 Å². The van der Waals surface area contributed by atoms with Crippen LogP contribution in [-0.2, 0) is 0 Å². The molecule has 0 saturated heterocycles. The number of halogens is 1. The fourth-order valence-electron chi connectivity index (χ4n) is 1.95. The summed E-state index contributed by atoms with van der Waals surface area (Å²) in [5.41, 5.74) is 1.56. The number of anilines is 4. The minimum Gasteiger partial charge on any atom is -0.497 e. The van der Waals surface area contributed by atoms with Crippen LogP contribution in [0.4, 0.5) is 23.1 Å². The monoisotopic (exact) mass is 327 g/mol. The summed E-state index contributed by atoms with van der Waals surface area (Å²) in [5, 5.41) is 14.7. The van der Waals surface area contributed by atoms with Gasteiger partial charge in [-0.3, -0.25) is 0 Å². The van der Waals surface area contributed by atoms with Gasteiger partial charge in [-0.25, -0.2) is 0 Å². The first kappa shape index (κ1) is 15.1. The minimum atomic E-state index is 0.371. The molecule has 7 heteroatoms. The molecular formula is C16H14ClN5O. The summed E-state index contributed by atoms with van der Waals surface area (Å²) in [6, 6.07) is 14.9. The molecule has 0 aliphatic rings. The highest BCUT2D eigenvalue weighted by molar-refractivity contribution is 6.33. The van der Waals surface area contributed by atoms with Crippen LogP contribution in [0.2, 0.25) is 5.02 Å². The number of methoxy groups -OCH3 is 1. The van der Waals surface area contributed by atoms with Crippen LogP contribution in [0.5, 0.6) is 5.75 Å². The number of rotatable bonds is 5. The van der Waals surface area contributed by atoms with Gasteiger partial charge in [-0.1, -0.05) is 29.8 Å². The van der Waals surface area contributed by atoms with E-state index in [0.29, 0.717) is 16.8 Å². The number of nitrogens with one attached hydrogen (secondary N) is 2. The van der Waals surface area contributed by atoms with Crippen molar-refractivity contribution in [3.63, 3.8) is 0 Å². The number of aromatic nitrogens is 3. The van der Waals surface area contributed by atoms with E-state index in [9.17, 15) is 0 Å². The fraction of sp³-hybridized carbons (Fsp3) is 0.0625. The maximum absolute atomic E-state index is 6.12. The van der Waals surface area contributed by atoms with Crippen molar-refractivity contribution >= 4 is 34.7 Å². The van der Waals surface area contributed by atoms with Crippen LogP contribution in [0, 0.1) is 0 Å². The Kier molecular flexibility index (Phi) is 4.54. The van der Waals surface area contributed by atoms with E-state index in [4.69, 9.17) is 16.3 Å². The molecule has 0 saturated carbocycles. The van der Waals surface area contributed by atoms with Gasteiger partial charge in [0.1, 0.15) is 5.75 Å². The molecule has 0 radical (unpaired) electrons. The first-order chi connectivity index (χ1) is 11.2. The van der Waals surface area contributed by atoms with Gasteiger partial charge in [0, 0.05) is 11.8 Å². The summed E-state index contributed by atoms with van der Waals surface area (Å²) in [5.74, 6) is 1.65. The van der Waals surface area contributed by atoms with Crippen molar-refractivity contribution < 1.29 is 4.74 Å². The van der Waals surface area contributed by atoms with Crippen LogP contribution < -0.4 is 15.4 Å². The molecule has 0 spiro atoms. The lowest BCUT2D eigenvalue weighted by atomic mass is 10.3. The van der Waals surface area contributed by atoms with Crippen molar-refractivity contribution in [1.29, 1.82) is 0 Å². The lowest BCUT2D eigenvalue weighted by molar-refractivity contribution is 0.415. The summed E-state index contributed by atoms with van der Waals surface area (Å²) in [7, 11) is 1.62. The number of hydrogen-bond donors (Lipinski definition) is 2. The zero-order valence-corrected chi connectivity index (χ0v) is 13.1. The zero-order valence-electron chi connectivity index (χ0n) is 12.3. The highest BCUT2D eigenvalue weighted by Gasteiger charge is 2.04. The number of ether oxygens (including phenoxy) is 1. The molecule has 0 atom stereocenters. The van der Waals surface area contributed by atoms with E-state index in [1.54, 1.807) is 13.2 Å². The molecule has 0 bridgehead atoms. The Morgan fingerprint density at radius 3 is 2.74 bits per heavy atom. The van der Waals surface area contributed by atoms with Gasteiger partial charge >= 0.3 is 0 Å². The Bertz CT molecular complexity index is 812. The largest absolute Gasteiger partial charge is 0.497 e. The summed E-state index contributed by atoms with van der Waals surface area (Å²) in [4.78, 5) is 4.36. The molecule has 0 aliphatic heterocycles. The molecule has 0 amide bonds. The van der Waals surface area contributed by atoms with E-state index in [-0.39, 0.29) is 0 Å². The third kappa shape index (κ3) is 3.87. The molecule has 0 unspecified atom stereocenters. The maximum Gasteiger partial charge on any atom is 0.249 e. The molecule has 1 aromatic heterocycles. The Balaban J connectivity index is 1.78. The van der Waals surface area contributed by atoms with Crippen molar-refractivity contribution in [3.8, 4) is 5.75 Å². The lowest BCUT2D eigenvalue weighted by Crippen LogP contribution is -2.02. The van der Waals surface area contributed by atoms with Crippen LogP contribution >= 0.6 is 11.6 Å². The van der Waals surface area contributed by atoms with Crippen LogP contribution in [0.25, 0.3) is 0 Å². The summed E-state index contributed by atoms with van der Waals surface area (Å²) in [6.07, 6.45) is 1.53. The fourth-order valence-corrected chi connectivity index (χ4v) is 2.13. The number of hydrogen-bond acceptors (Lipinski definition) is 6. The molecule has 23 heavy (non-hydrogen) atoms. The van der Waals surface area contributed by atoms with Crippen molar-refractivity contribution in [2.75, 3.05) is 17.7 Å². The topological polar surface area (TPSA) is 72.0 Å². The predicted molar refractivity (Wildman–Crippen MR) is 90.8 cm³/mol. The normalized spacial score (nSPS) is 10.2. The van der Waals surface area contributed by atoms with Gasteiger partial charge in [0.25, 0.3) is 0 Å². The van der Waals surface area contributed by atoms with Crippen LogP contribution in [-0.4, -0.2) is 22.3 Å². The Morgan fingerprint density at radius 1 is 1.04 bits per heavy atom. The van der Waals surface area contributed by atoms with Crippen LogP contribution in [0.1, 0.15) is 0 Å². The quantitative estimate of drug-likeness (QED) is 0.737. The van der Waals surface area contributed by atoms with Gasteiger partial charge in [0.2, 0.25) is 5.95 Å². The first-order valence-corrected chi connectivity index (χ1v) is 7.25. The predicted octanol–water partition coefficient (Wildman–Crippen LogP) is 4.02. The molecule has 2 aromatic carbocycles. The van der Waals surface area contributed by atoms with Crippen molar-refractivity contribution in [1.82, 2.24) is 15.2 Å². The van der Waals surface area contributed by atoms with Crippen molar-refractivity contribution in [2.45, 2.75) is 0 Å². The third-order valence-corrected chi connectivity index (χ3v) is 3.35. The molecule has 6 nitrogen and oxygen atoms in total. The summed E-state index contributed by atoms with van der Waals surface area (Å²) < 4.78 is 5.19. The minimum absolute atomic E-state index is 0.371. The smallest absolute Gasteiger partial charge is 0.249 e. The third-order valence-electron chi connectivity index (χ3n) is 3.02. The van der Waals surface area contributed by atoms with Crippen LogP contribution in [0.15, 0.2) is 54.7 Å². The van der Waals surface area contributed by atoms with Crippen molar-refractivity contribution in [2.24, 2.45) is 0 Å². The molecule has 2 N–H and O–H groups in total. The van der Waals surface area contributed by atoms with Crippen LogP contribution in [0.3, 0.4) is 0 Å². The van der Waals surface area contributed by atoms with Gasteiger partial charge < -0.3 is 15.4 Å². The lowest BCUT2D eigenvalue weighted by Gasteiger charge is -2.09. The number of nitrogens with zero attached hydrogens (tertiary/aromatic N) is 3. The average Bonchev–Trinajstić information content (AvgIpc) is 2.57. The summed E-state index contributed by atoms with van der Waals surface area (Å²) >= 11 is 6.12. The molecule has 1 heterocycles.